The van der Waals surface area contributed by atoms with E-state index in [-0.39, 0.29) is 19.2 Å². The average molecular weight is 262 g/mol. The summed E-state index contributed by atoms with van der Waals surface area (Å²) in [6, 6.07) is 5.54. The van der Waals surface area contributed by atoms with Crippen molar-refractivity contribution >= 4 is 17.7 Å². The van der Waals surface area contributed by atoms with Crippen LogP contribution in [0.25, 0.3) is 0 Å². The summed E-state index contributed by atoms with van der Waals surface area (Å²) in [6.45, 7) is 0.209. The standard InChI is InChI=1S/C12H10N2O5/c15-11(16)4-8-5-17-12(14-8)13-7-1-2-9-10(3-7)19-6-18-9/h1-3,5H,4,6H2,(H,13,14)(H,15,16). The summed E-state index contributed by atoms with van der Waals surface area (Å²) in [5.74, 6) is 0.370. The molecule has 0 unspecified atom stereocenters. The summed E-state index contributed by atoms with van der Waals surface area (Å²) in [5.41, 5.74) is 1.07. The topological polar surface area (TPSA) is 93.8 Å². The van der Waals surface area contributed by atoms with E-state index < -0.39 is 5.97 Å². The van der Waals surface area contributed by atoms with Gasteiger partial charge in [-0.05, 0) is 12.1 Å². The molecule has 0 fully saturated rings. The number of aliphatic carboxylic acids is 1. The van der Waals surface area contributed by atoms with E-state index in [0.717, 1.165) is 0 Å². The number of benzene rings is 1. The summed E-state index contributed by atoms with van der Waals surface area (Å²) in [5, 5.41) is 11.6. The zero-order chi connectivity index (χ0) is 13.2. The predicted molar refractivity (Wildman–Crippen MR) is 63.7 cm³/mol. The molecule has 1 aromatic heterocycles. The summed E-state index contributed by atoms with van der Waals surface area (Å²) in [4.78, 5) is 14.5. The maximum atomic E-state index is 10.5. The fraction of sp³-hybridized carbons (Fsp3) is 0.167. The van der Waals surface area contributed by atoms with Crippen LogP contribution in [0.15, 0.2) is 28.9 Å². The number of carboxylic acid groups (broad SMARTS) is 1. The largest absolute Gasteiger partial charge is 0.481 e. The fourth-order valence-electron chi connectivity index (χ4n) is 1.70. The lowest BCUT2D eigenvalue weighted by Gasteiger charge is -2.02. The van der Waals surface area contributed by atoms with Crippen LogP contribution in [0.3, 0.4) is 0 Å². The van der Waals surface area contributed by atoms with Gasteiger partial charge in [0.05, 0.1) is 12.1 Å². The highest BCUT2D eigenvalue weighted by Crippen LogP contribution is 2.34. The summed E-state index contributed by atoms with van der Waals surface area (Å²) < 4.78 is 15.6. The molecule has 0 bridgehead atoms. The van der Waals surface area contributed by atoms with Gasteiger partial charge >= 0.3 is 5.97 Å². The summed E-state index contributed by atoms with van der Waals surface area (Å²) in [7, 11) is 0. The second kappa shape index (κ2) is 4.52. The van der Waals surface area contributed by atoms with Gasteiger partial charge in [0.1, 0.15) is 6.26 Å². The van der Waals surface area contributed by atoms with Gasteiger partial charge in [0.25, 0.3) is 6.01 Å². The Bertz CT molecular complexity index is 622. The van der Waals surface area contributed by atoms with Crippen molar-refractivity contribution in [3.63, 3.8) is 0 Å². The minimum Gasteiger partial charge on any atom is -0.481 e. The number of oxazole rings is 1. The number of hydrogen-bond acceptors (Lipinski definition) is 6. The Labute approximate surface area is 107 Å². The van der Waals surface area contributed by atoms with E-state index in [2.05, 4.69) is 10.3 Å². The van der Waals surface area contributed by atoms with E-state index in [9.17, 15) is 4.79 Å². The number of ether oxygens (including phenoxy) is 2. The molecule has 98 valence electrons. The molecule has 0 amide bonds. The van der Waals surface area contributed by atoms with Gasteiger partial charge in [-0.25, -0.2) is 0 Å². The normalized spacial score (nSPS) is 12.4. The second-order valence-corrected chi connectivity index (χ2v) is 3.91. The van der Waals surface area contributed by atoms with E-state index in [0.29, 0.717) is 22.9 Å². The molecule has 0 spiro atoms. The minimum atomic E-state index is -0.956. The third-order valence-electron chi connectivity index (χ3n) is 2.51. The van der Waals surface area contributed by atoms with Crippen molar-refractivity contribution in [3.8, 4) is 11.5 Å². The molecular weight excluding hydrogens is 252 g/mol. The van der Waals surface area contributed by atoms with Gasteiger partial charge in [0.2, 0.25) is 6.79 Å². The number of anilines is 2. The molecular formula is C12H10N2O5. The molecule has 0 aliphatic carbocycles. The van der Waals surface area contributed by atoms with Crippen molar-refractivity contribution in [1.29, 1.82) is 0 Å². The first kappa shape index (κ1) is 11.4. The molecule has 1 aliphatic rings. The van der Waals surface area contributed by atoms with Crippen molar-refractivity contribution in [2.24, 2.45) is 0 Å². The van der Waals surface area contributed by atoms with Crippen molar-refractivity contribution in [3.05, 3.63) is 30.2 Å². The Morgan fingerprint density at radius 3 is 3.05 bits per heavy atom. The van der Waals surface area contributed by atoms with Gasteiger partial charge in [0, 0.05) is 11.8 Å². The van der Waals surface area contributed by atoms with Gasteiger partial charge < -0.3 is 24.3 Å². The summed E-state index contributed by atoms with van der Waals surface area (Å²) >= 11 is 0. The lowest BCUT2D eigenvalue weighted by Crippen LogP contribution is -2.00. The van der Waals surface area contributed by atoms with Gasteiger partial charge in [-0.3, -0.25) is 4.79 Å². The van der Waals surface area contributed by atoms with Gasteiger partial charge in [-0.15, -0.1) is 0 Å². The van der Waals surface area contributed by atoms with Crippen molar-refractivity contribution in [2.75, 3.05) is 12.1 Å². The third-order valence-corrected chi connectivity index (χ3v) is 2.51. The molecule has 19 heavy (non-hydrogen) atoms. The van der Waals surface area contributed by atoms with Crippen molar-refractivity contribution < 1.29 is 23.8 Å². The van der Waals surface area contributed by atoms with Crippen LogP contribution in [0.2, 0.25) is 0 Å². The molecule has 0 saturated carbocycles. The lowest BCUT2D eigenvalue weighted by molar-refractivity contribution is -0.136. The van der Waals surface area contributed by atoms with Crippen LogP contribution in [0.5, 0.6) is 11.5 Å². The van der Waals surface area contributed by atoms with E-state index in [1.54, 1.807) is 18.2 Å². The maximum absolute atomic E-state index is 10.5. The lowest BCUT2D eigenvalue weighted by atomic mass is 10.3. The van der Waals surface area contributed by atoms with Crippen LogP contribution in [0.4, 0.5) is 11.7 Å². The maximum Gasteiger partial charge on any atom is 0.309 e. The molecule has 0 atom stereocenters. The number of carboxylic acids is 1. The monoisotopic (exact) mass is 262 g/mol. The number of nitrogens with one attached hydrogen (secondary N) is 1. The van der Waals surface area contributed by atoms with E-state index >= 15 is 0 Å². The number of nitrogens with zero attached hydrogens (tertiary/aromatic N) is 1. The Balaban J connectivity index is 1.74. The van der Waals surface area contributed by atoms with Crippen LogP contribution in [0.1, 0.15) is 5.69 Å². The van der Waals surface area contributed by atoms with Gasteiger partial charge in [-0.2, -0.15) is 4.98 Å². The average Bonchev–Trinajstić information content (AvgIpc) is 2.97. The van der Waals surface area contributed by atoms with E-state index in [1.807, 2.05) is 0 Å². The van der Waals surface area contributed by atoms with Gasteiger partial charge in [-0.1, -0.05) is 0 Å². The number of rotatable bonds is 4. The Morgan fingerprint density at radius 1 is 1.37 bits per heavy atom. The quantitative estimate of drug-likeness (QED) is 0.867. The SMILES string of the molecule is O=C(O)Cc1coc(Nc2ccc3c(c2)OCO3)n1. The summed E-state index contributed by atoms with van der Waals surface area (Å²) in [6.07, 6.45) is 1.13. The molecule has 0 radical (unpaired) electrons. The molecule has 3 rings (SSSR count). The highest BCUT2D eigenvalue weighted by molar-refractivity contribution is 5.69. The zero-order valence-corrected chi connectivity index (χ0v) is 9.75. The molecule has 7 heteroatoms. The van der Waals surface area contributed by atoms with Crippen LogP contribution < -0.4 is 14.8 Å². The van der Waals surface area contributed by atoms with Gasteiger partial charge in [0.15, 0.2) is 11.5 Å². The van der Waals surface area contributed by atoms with E-state index in [4.69, 9.17) is 19.0 Å². The van der Waals surface area contributed by atoms with E-state index in [1.165, 1.54) is 6.26 Å². The number of hydrogen-bond donors (Lipinski definition) is 2. The van der Waals surface area contributed by atoms with Crippen LogP contribution in [-0.2, 0) is 11.2 Å². The highest BCUT2D eigenvalue weighted by atomic mass is 16.7. The number of aromatic nitrogens is 1. The number of carbonyl (C=O) groups is 1. The highest BCUT2D eigenvalue weighted by Gasteiger charge is 2.14. The first-order valence-electron chi connectivity index (χ1n) is 5.53. The minimum absolute atomic E-state index is 0.174. The molecule has 2 aromatic rings. The third kappa shape index (κ3) is 2.44. The zero-order valence-electron chi connectivity index (χ0n) is 9.75. The Hall–Kier alpha value is -2.70. The van der Waals surface area contributed by atoms with Crippen molar-refractivity contribution in [1.82, 2.24) is 4.98 Å². The van der Waals surface area contributed by atoms with Crippen LogP contribution in [-0.4, -0.2) is 22.9 Å². The first-order chi connectivity index (χ1) is 9.20. The smallest absolute Gasteiger partial charge is 0.309 e. The van der Waals surface area contributed by atoms with Crippen molar-refractivity contribution in [2.45, 2.75) is 6.42 Å². The predicted octanol–water partition coefficient (Wildman–Crippen LogP) is 1.77. The Kier molecular flexibility index (Phi) is 2.71. The molecule has 7 nitrogen and oxygen atoms in total. The fourth-order valence-corrected chi connectivity index (χ4v) is 1.70. The first-order valence-corrected chi connectivity index (χ1v) is 5.53. The molecule has 1 aromatic carbocycles. The van der Waals surface area contributed by atoms with Crippen LogP contribution in [0, 0.1) is 0 Å². The second-order valence-electron chi connectivity index (χ2n) is 3.91. The van der Waals surface area contributed by atoms with Crippen LogP contribution >= 0.6 is 0 Å². The molecule has 2 N–H and O–H groups in total. The Morgan fingerprint density at radius 2 is 2.21 bits per heavy atom. The molecule has 1 aliphatic heterocycles. The molecule has 2 heterocycles. The molecule has 0 saturated heterocycles. The number of fused-ring (bicyclic) bond motifs is 1.